The molecule has 1 aliphatic heterocycles. The SMILES string of the molecule is CN=C(NCCc1cc(F)cc(F)c1)NCC1CC(=O)Nc2ccccc21. The lowest BCUT2D eigenvalue weighted by atomic mass is 9.90. The summed E-state index contributed by atoms with van der Waals surface area (Å²) >= 11 is 0. The van der Waals surface area contributed by atoms with Crippen LogP contribution in [0.25, 0.3) is 0 Å². The fourth-order valence-electron chi connectivity index (χ4n) is 3.20. The minimum absolute atomic E-state index is 0.00317. The molecule has 2 aromatic carbocycles. The molecule has 0 radical (unpaired) electrons. The van der Waals surface area contributed by atoms with E-state index in [1.807, 2.05) is 24.3 Å². The number of rotatable bonds is 5. The number of anilines is 1. The summed E-state index contributed by atoms with van der Waals surface area (Å²) in [6.07, 6.45) is 0.869. The van der Waals surface area contributed by atoms with Crippen molar-refractivity contribution in [2.45, 2.75) is 18.8 Å². The summed E-state index contributed by atoms with van der Waals surface area (Å²) in [5, 5.41) is 9.22. The molecule has 2 aromatic rings. The van der Waals surface area contributed by atoms with Crippen molar-refractivity contribution in [1.82, 2.24) is 10.6 Å². The van der Waals surface area contributed by atoms with Crippen LogP contribution in [0.2, 0.25) is 0 Å². The molecule has 3 rings (SSSR count). The zero-order valence-corrected chi connectivity index (χ0v) is 15.1. The number of hydrogen-bond donors (Lipinski definition) is 3. The first kappa shape index (κ1) is 18.8. The standard InChI is InChI=1S/C20H22F2N4O/c1-23-20(24-7-6-13-8-15(21)11-16(22)9-13)25-12-14-10-19(27)26-18-5-3-2-4-17(14)18/h2-5,8-9,11,14H,6-7,10,12H2,1H3,(H,26,27)(H2,23,24,25). The number of para-hydroxylation sites is 1. The average molecular weight is 372 g/mol. The van der Waals surface area contributed by atoms with Crippen molar-refractivity contribution in [2.24, 2.45) is 4.99 Å². The summed E-state index contributed by atoms with van der Waals surface area (Å²) in [6.45, 7) is 1.03. The van der Waals surface area contributed by atoms with Crippen LogP contribution in [-0.4, -0.2) is 32.0 Å². The van der Waals surface area contributed by atoms with Crippen molar-refractivity contribution in [3.05, 3.63) is 65.2 Å². The third-order valence-electron chi connectivity index (χ3n) is 4.47. The van der Waals surface area contributed by atoms with Crippen LogP contribution >= 0.6 is 0 Å². The Kier molecular flexibility index (Phi) is 6.01. The summed E-state index contributed by atoms with van der Waals surface area (Å²) in [4.78, 5) is 16.0. The van der Waals surface area contributed by atoms with E-state index in [2.05, 4.69) is 20.9 Å². The van der Waals surface area contributed by atoms with Crippen LogP contribution in [0.15, 0.2) is 47.5 Å². The van der Waals surface area contributed by atoms with Crippen molar-refractivity contribution < 1.29 is 13.6 Å². The molecule has 142 valence electrons. The number of hydrogen-bond acceptors (Lipinski definition) is 2. The van der Waals surface area contributed by atoms with E-state index in [1.54, 1.807) is 7.05 Å². The highest BCUT2D eigenvalue weighted by Gasteiger charge is 2.24. The minimum Gasteiger partial charge on any atom is -0.356 e. The van der Waals surface area contributed by atoms with Gasteiger partial charge in [0.15, 0.2) is 5.96 Å². The Bertz CT molecular complexity index is 833. The molecule has 0 aromatic heterocycles. The van der Waals surface area contributed by atoms with E-state index in [4.69, 9.17) is 0 Å². The lowest BCUT2D eigenvalue weighted by Crippen LogP contribution is -2.41. The van der Waals surface area contributed by atoms with Crippen LogP contribution < -0.4 is 16.0 Å². The van der Waals surface area contributed by atoms with E-state index in [-0.39, 0.29) is 11.8 Å². The van der Waals surface area contributed by atoms with E-state index in [9.17, 15) is 13.6 Å². The smallest absolute Gasteiger partial charge is 0.225 e. The number of guanidine groups is 1. The van der Waals surface area contributed by atoms with Crippen molar-refractivity contribution in [3.8, 4) is 0 Å². The molecule has 27 heavy (non-hydrogen) atoms. The van der Waals surface area contributed by atoms with Gasteiger partial charge in [0.25, 0.3) is 0 Å². The summed E-state index contributed by atoms with van der Waals surface area (Å²) < 4.78 is 26.5. The molecule has 0 saturated carbocycles. The number of halogens is 2. The number of carbonyl (C=O) groups excluding carboxylic acids is 1. The van der Waals surface area contributed by atoms with E-state index in [1.165, 1.54) is 12.1 Å². The van der Waals surface area contributed by atoms with E-state index in [0.29, 0.717) is 37.5 Å². The van der Waals surface area contributed by atoms with E-state index >= 15 is 0 Å². The Morgan fingerprint density at radius 2 is 1.93 bits per heavy atom. The van der Waals surface area contributed by atoms with Crippen LogP contribution in [0.1, 0.15) is 23.5 Å². The predicted molar refractivity (Wildman–Crippen MR) is 102 cm³/mol. The maximum Gasteiger partial charge on any atom is 0.225 e. The maximum atomic E-state index is 13.2. The zero-order valence-electron chi connectivity index (χ0n) is 15.1. The van der Waals surface area contributed by atoms with Crippen LogP contribution in [0.5, 0.6) is 0 Å². The van der Waals surface area contributed by atoms with E-state index in [0.717, 1.165) is 17.3 Å². The Hall–Kier alpha value is -2.96. The highest BCUT2D eigenvalue weighted by molar-refractivity contribution is 5.94. The number of benzene rings is 2. The average Bonchev–Trinajstić information content (AvgIpc) is 2.63. The first-order valence-corrected chi connectivity index (χ1v) is 8.83. The van der Waals surface area contributed by atoms with Crippen molar-refractivity contribution in [3.63, 3.8) is 0 Å². The van der Waals surface area contributed by atoms with Gasteiger partial charge in [0, 0.05) is 44.2 Å². The summed E-state index contributed by atoms with van der Waals surface area (Å²) in [5.41, 5.74) is 2.51. The number of carbonyl (C=O) groups is 1. The molecule has 1 atom stereocenters. The third kappa shape index (κ3) is 5.03. The number of amides is 1. The van der Waals surface area contributed by atoms with Crippen molar-refractivity contribution in [2.75, 3.05) is 25.5 Å². The lowest BCUT2D eigenvalue weighted by molar-refractivity contribution is -0.116. The van der Waals surface area contributed by atoms with Gasteiger partial charge in [-0.05, 0) is 35.7 Å². The second-order valence-electron chi connectivity index (χ2n) is 6.44. The van der Waals surface area contributed by atoms with Gasteiger partial charge in [-0.2, -0.15) is 0 Å². The fraction of sp³-hybridized carbons (Fsp3) is 0.300. The van der Waals surface area contributed by atoms with Gasteiger partial charge >= 0.3 is 0 Å². The number of fused-ring (bicyclic) bond motifs is 1. The molecule has 1 heterocycles. The molecule has 0 bridgehead atoms. The van der Waals surface area contributed by atoms with Gasteiger partial charge in [0.05, 0.1) is 0 Å². The molecule has 1 amide bonds. The number of nitrogens with zero attached hydrogens (tertiary/aromatic N) is 1. The molecule has 1 aliphatic rings. The molecule has 0 spiro atoms. The quantitative estimate of drug-likeness (QED) is 0.559. The maximum absolute atomic E-state index is 13.2. The normalized spacial score (nSPS) is 16.5. The monoisotopic (exact) mass is 372 g/mol. The van der Waals surface area contributed by atoms with Crippen LogP contribution in [-0.2, 0) is 11.2 Å². The second kappa shape index (κ2) is 8.62. The molecule has 0 fully saturated rings. The molecule has 1 unspecified atom stereocenters. The van der Waals surface area contributed by atoms with Crippen LogP contribution in [0.4, 0.5) is 14.5 Å². The van der Waals surface area contributed by atoms with Crippen LogP contribution in [0, 0.1) is 11.6 Å². The molecule has 5 nitrogen and oxygen atoms in total. The Morgan fingerprint density at radius 1 is 1.19 bits per heavy atom. The predicted octanol–water partition coefficient (Wildman–Crippen LogP) is 2.80. The van der Waals surface area contributed by atoms with Gasteiger partial charge in [0.2, 0.25) is 5.91 Å². The number of nitrogens with one attached hydrogen (secondary N) is 3. The molecular formula is C20H22F2N4O. The van der Waals surface area contributed by atoms with Crippen LogP contribution in [0.3, 0.4) is 0 Å². The first-order chi connectivity index (χ1) is 13.0. The highest BCUT2D eigenvalue weighted by atomic mass is 19.1. The number of aliphatic imine (C=N–C) groups is 1. The Morgan fingerprint density at radius 3 is 2.67 bits per heavy atom. The highest BCUT2D eigenvalue weighted by Crippen LogP contribution is 2.31. The molecule has 0 aliphatic carbocycles. The van der Waals surface area contributed by atoms with Gasteiger partial charge in [-0.15, -0.1) is 0 Å². The largest absolute Gasteiger partial charge is 0.356 e. The second-order valence-corrected chi connectivity index (χ2v) is 6.44. The molecule has 3 N–H and O–H groups in total. The Labute approximate surface area is 156 Å². The third-order valence-corrected chi connectivity index (χ3v) is 4.47. The first-order valence-electron chi connectivity index (χ1n) is 8.83. The van der Waals surface area contributed by atoms with Crippen molar-refractivity contribution >= 4 is 17.6 Å². The topological polar surface area (TPSA) is 65.5 Å². The molecular weight excluding hydrogens is 350 g/mol. The molecule has 7 heteroatoms. The minimum atomic E-state index is -0.582. The van der Waals surface area contributed by atoms with Gasteiger partial charge < -0.3 is 16.0 Å². The summed E-state index contributed by atoms with van der Waals surface area (Å²) in [7, 11) is 1.65. The van der Waals surface area contributed by atoms with E-state index < -0.39 is 11.6 Å². The Balaban J connectivity index is 1.53. The summed E-state index contributed by atoms with van der Waals surface area (Å²) in [6, 6.07) is 11.2. The van der Waals surface area contributed by atoms with Crippen molar-refractivity contribution in [1.29, 1.82) is 0 Å². The fourth-order valence-corrected chi connectivity index (χ4v) is 3.20. The van der Waals surface area contributed by atoms with Gasteiger partial charge in [-0.1, -0.05) is 18.2 Å². The molecule has 0 saturated heterocycles. The zero-order chi connectivity index (χ0) is 19.2. The summed E-state index contributed by atoms with van der Waals surface area (Å²) in [5.74, 6) is -0.541. The lowest BCUT2D eigenvalue weighted by Gasteiger charge is -2.26. The van der Waals surface area contributed by atoms with Gasteiger partial charge in [0.1, 0.15) is 11.6 Å². The van der Waals surface area contributed by atoms with Gasteiger partial charge in [-0.3, -0.25) is 9.79 Å². The van der Waals surface area contributed by atoms with Gasteiger partial charge in [-0.25, -0.2) is 8.78 Å².